The average Bonchev–Trinajstić information content (AvgIpc) is 2.68. The minimum atomic E-state index is 0.770. The summed E-state index contributed by atoms with van der Waals surface area (Å²) < 4.78 is 0. The van der Waals surface area contributed by atoms with Crippen LogP contribution in [0, 0.1) is 0 Å². The number of likely N-dealkylation sites (tertiary alicyclic amines) is 2. The van der Waals surface area contributed by atoms with Gasteiger partial charge in [0, 0.05) is 32.7 Å². The van der Waals surface area contributed by atoms with E-state index in [-0.39, 0.29) is 0 Å². The molecule has 2 aliphatic heterocycles. The SMILES string of the molecule is CN=C(NCCCCCN1CCCCC1)NCCCN1CCCCC1C. The summed E-state index contributed by atoms with van der Waals surface area (Å²) in [6.45, 7) is 10.9. The highest BCUT2D eigenvalue weighted by atomic mass is 15.2. The molecule has 2 fully saturated rings. The summed E-state index contributed by atoms with van der Waals surface area (Å²) in [4.78, 5) is 9.63. The smallest absolute Gasteiger partial charge is 0.190 e. The zero-order chi connectivity index (χ0) is 18.5. The molecule has 2 heterocycles. The molecule has 0 saturated carbocycles. The van der Waals surface area contributed by atoms with E-state index in [9.17, 15) is 0 Å². The van der Waals surface area contributed by atoms with E-state index in [1.807, 2.05) is 7.05 Å². The molecule has 2 saturated heterocycles. The van der Waals surface area contributed by atoms with Gasteiger partial charge in [-0.3, -0.25) is 4.99 Å². The minimum Gasteiger partial charge on any atom is -0.356 e. The molecule has 152 valence electrons. The molecule has 0 bridgehead atoms. The second-order valence-corrected chi connectivity index (χ2v) is 8.12. The van der Waals surface area contributed by atoms with E-state index < -0.39 is 0 Å². The number of nitrogens with one attached hydrogen (secondary N) is 2. The van der Waals surface area contributed by atoms with Crippen molar-refractivity contribution in [2.75, 3.05) is 52.9 Å². The normalized spacial score (nSPS) is 23.2. The summed E-state index contributed by atoms with van der Waals surface area (Å²) in [7, 11) is 1.87. The first-order chi connectivity index (χ1) is 12.8. The first kappa shape index (κ1) is 21.5. The van der Waals surface area contributed by atoms with E-state index in [0.29, 0.717) is 0 Å². The fourth-order valence-corrected chi connectivity index (χ4v) is 4.23. The van der Waals surface area contributed by atoms with Crippen LogP contribution in [0.1, 0.15) is 71.1 Å². The molecular weight excluding hydrogens is 322 g/mol. The molecule has 0 aromatic heterocycles. The Morgan fingerprint density at radius 1 is 0.846 bits per heavy atom. The number of rotatable bonds is 10. The van der Waals surface area contributed by atoms with Crippen molar-refractivity contribution < 1.29 is 0 Å². The van der Waals surface area contributed by atoms with Gasteiger partial charge in [0.25, 0.3) is 0 Å². The van der Waals surface area contributed by atoms with E-state index in [1.54, 1.807) is 0 Å². The fraction of sp³-hybridized carbons (Fsp3) is 0.952. The maximum Gasteiger partial charge on any atom is 0.190 e. The molecular formula is C21H43N5. The second kappa shape index (κ2) is 13.4. The summed E-state index contributed by atoms with van der Waals surface area (Å²) in [5.41, 5.74) is 0. The Bertz CT molecular complexity index is 379. The molecule has 0 spiro atoms. The van der Waals surface area contributed by atoms with Crippen molar-refractivity contribution in [1.29, 1.82) is 0 Å². The molecule has 0 amide bonds. The van der Waals surface area contributed by atoms with Gasteiger partial charge >= 0.3 is 0 Å². The Hall–Kier alpha value is -0.810. The standard InChI is InChI=1S/C21H43N5/c1-20-12-5-10-18-26(20)19-11-14-24-21(22-2)23-13-6-3-7-15-25-16-8-4-9-17-25/h20H,3-19H2,1-2H3,(H2,22,23,24). The Balaban J connectivity index is 1.43. The van der Waals surface area contributed by atoms with Gasteiger partial charge in [0.2, 0.25) is 0 Å². The van der Waals surface area contributed by atoms with Gasteiger partial charge in [-0.15, -0.1) is 0 Å². The van der Waals surface area contributed by atoms with Crippen LogP contribution in [0.5, 0.6) is 0 Å². The minimum absolute atomic E-state index is 0.770. The van der Waals surface area contributed by atoms with Crippen molar-refractivity contribution >= 4 is 5.96 Å². The first-order valence-corrected chi connectivity index (χ1v) is 11.2. The van der Waals surface area contributed by atoms with Crippen molar-refractivity contribution in [1.82, 2.24) is 20.4 Å². The number of hydrogen-bond donors (Lipinski definition) is 2. The monoisotopic (exact) mass is 365 g/mol. The summed E-state index contributed by atoms with van der Waals surface area (Å²) >= 11 is 0. The van der Waals surface area contributed by atoms with Gasteiger partial charge in [0.1, 0.15) is 0 Å². The van der Waals surface area contributed by atoms with Crippen LogP contribution in [0.4, 0.5) is 0 Å². The Kier molecular flexibility index (Phi) is 11.1. The number of hydrogen-bond acceptors (Lipinski definition) is 3. The summed E-state index contributed by atoms with van der Waals surface area (Å²) in [6.07, 6.45) is 13.5. The topological polar surface area (TPSA) is 42.9 Å². The Morgan fingerprint density at radius 2 is 1.58 bits per heavy atom. The molecule has 2 rings (SSSR count). The lowest BCUT2D eigenvalue weighted by Crippen LogP contribution is -2.41. The molecule has 0 aromatic carbocycles. The van der Waals surface area contributed by atoms with Gasteiger partial charge in [0.15, 0.2) is 5.96 Å². The molecule has 0 aromatic rings. The van der Waals surface area contributed by atoms with Crippen molar-refractivity contribution in [3.8, 4) is 0 Å². The summed E-state index contributed by atoms with van der Waals surface area (Å²) in [5.74, 6) is 0.965. The highest BCUT2D eigenvalue weighted by Crippen LogP contribution is 2.16. The number of nitrogens with zero attached hydrogens (tertiary/aromatic N) is 3. The molecule has 2 N–H and O–H groups in total. The van der Waals surface area contributed by atoms with Gasteiger partial charge in [-0.1, -0.05) is 19.3 Å². The molecule has 5 heteroatoms. The lowest BCUT2D eigenvalue weighted by atomic mass is 10.0. The van der Waals surface area contributed by atoms with Crippen LogP contribution in [0.3, 0.4) is 0 Å². The van der Waals surface area contributed by atoms with Crippen molar-refractivity contribution in [2.45, 2.75) is 77.2 Å². The first-order valence-electron chi connectivity index (χ1n) is 11.2. The summed E-state index contributed by atoms with van der Waals surface area (Å²) in [6, 6.07) is 0.770. The zero-order valence-corrected chi connectivity index (χ0v) is 17.4. The maximum atomic E-state index is 4.35. The van der Waals surface area contributed by atoms with E-state index >= 15 is 0 Å². The third-order valence-electron chi connectivity index (χ3n) is 5.97. The van der Waals surface area contributed by atoms with Crippen LogP contribution in [-0.2, 0) is 0 Å². The number of piperidine rings is 2. The quantitative estimate of drug-likeness (QED) is 0.355. The van der Waals surface area contributed by atoms with Crippen LogP contribution in [-0.4, -0.2) is 74.7 Å². The van der Waals surface area contributed by atoms with Crippen molar-refractivity contribution in [3.05, 3.63) is 0 Å². The van der Waals surface area contributed by atoms with Crippen molar-refractivity contribution in [3.63, 3.8) is 0 Å². The third kappa shape index (κ3) is 8.72. The number of guanidine groups is 1. The summed E-state index contributed by atoms with van der Waals surface area (Å²) in [5, 5.41) is 6.94. The number of aliphatic imine (C=N–C) groups is 1. The van der Waals surface area contributed by atoms with Gasteiger partial charge in [-0.2, -0.15) is 0 Å². The average molecular weight is 366 g/mol. The van der Waals surface area contributed by atoms with Crippen LogP contribution < -0.4 is 10.6 Å². The third-order valence-corrected chi connectivity index (χ3v) is 5.97. The zero-order valence-electron chi connectivity index (χ0n) is 17.4. The molecule has 5 nitrogen and oxygen atoms in total. The second-order valence-electron chi connectivity index (χ2n) is 8.12. The van der Waals surface area contributed by atoms with Gasteiger partial charge in [-0.05, 0) is 78.0 Å². The van der Waals surface area contributed by atoms with Gasteiger partial charge in [-0.25, -0.2) is 0 Å². The predicted molar refractivity (Wildman–Crippen MR) is 113 cm³/mol. The van der Waals surface area contributed by atoms with E-state index in [2.05, 4.69) is 32.3 Å². The van der Waals surface area contributed by atoms with Crippen LogP contribution in [0.2, 0.25) is 0 Å². The molecule has 1 atom stereocenters. The molecule has 0 aliphatic carbocycles. The van der Waals surface area contributed by atoms with E-state index in [0.717, 1.165) is 25.1 Å². The largest absolute Gasteiger partial charge is 0.356 e. The molecule has 0 radical (unpaired) electrons. The van der Waals surface area contributed by atoms with E-state index in [1.165, 1.54) is 96.9 Å². The highest BCUT2D eigenvalue weighted by Gasteiger charge is 2.17. The predicted octanol–water partition coefficient (Wildman–Crippen LogP) is 3.07. The van der Waals surface area contributed by atoms with Gasteiger partial charge in [0.05, 0.1) is 0 Å². The lowest BCUT2D eigenvalue weighted by Gasteiger charge is -2.33. The molecule has 1 unspecified atom stereocenters. The van der Waals surface area contributed by atoms with Gasteiger partial charge < -0.3 is 20.4 Å². The fourth-order valence-electron chi connectivity index (χ4n) is 4.23. The highest BCUT2D eigenvalue weighted by molar-refractivity contribution is 5.79. The maximum absolute atomic E-state index is 4.35. The van der Waals surface area contributed by atoms with Crippen LogP contribution in [0.25, 0.3) is 0 Å². The van der Waals surface area contributed by atoms with Crippen LogP contribution in [0.15, 0.2) is 4.99 Å². The lowest BCUT2D eigenvalue weighted by molar-refractivity contribution is 0.159. The van der Waals surface area contributed by atoms with Crippen molar-refractivity contribution in [2.24, 2.45) is 4.99 Å². The molecule has 26 heavy (non-hydrogen) atoms. The van der Waals surface area contributed by atoms with E-state index in [4.69, 9.17) is 0 Å². The Morgan fingerprint density at radius 3 is 2.31 bits per heavy atom. The van der Waals surface area contributed by atoms with Crippen LogP contribution >= 0.6 is 0 Å². The Labute approximate surface area is 162 Å². The number of unbranched alkanes of at least 4 members (excludes halogenated alkanes) is 2. The molecule has 2 aliphatic rings.